The van der Waals surface area contributed by atoms with Gasteiger partial charge in [-0.25, -0.2) is 0 Å². The summed E-state index contributed by atoms with van der Waals surface area (Å²) >= 11 is 0. The Balaban J connectivity index is 3.52. The molecular formula is C15H28O. The quantitative estimate of drug-likeness (QED) is 0.618. The minimum Gasteiger partial charge on any atom is -0.378 e. The van der Waals surface area contributed by atoms with E-state index in [4.69, 9.17) is 6.42 Å². The monoisotopic (exact) mass is 224 g/mol. The molecule has 0 bridgehead atoms. The lowest BCUT2D eigenvalue weighted by Crippen LogP contribution is -2.20. The van der Waals surface area contributed by atoms with Gasteiger partial charge in [0.05, 0.1) is 0 Å². The molecule has 2 atom stereocenters. The van der Waals surface area contributed by atoms with Crippen molar-refractivity contribution in [2.45, 2.75) is 71.8 Å². The van der Waals surface area contributed by atoms with Crippen molar-refractivity contribution in [3.05, 3.63) is 0 Å². The summed E-state index contributed by atoms with van der Waals surface area (Å²) in [6.45, 7) is 8.56. The zero-order chi connectivity index (χ0) is 12.6. The molecule has 0 aliphatic carbocycles. The number of hydrogen-bond donors (Lipinski definition) is 1. The Morgan fingerprint density at radius 3 is 2.19 bits per heavy atom. The number of rotatable bonds is 8. The molecule has 1 heteroatoms. The van der Waals surface area contributed by atoms with Crippen molar-refractivity contribution >= 4 is 0 Å². The summed E-state index contributed by atoms with van der Waals surface area (Å²) in [5, 5.41) is 9.65. The Bertz CT molecular complexity index is 210. The van der Waals surface area contributed by atoms with Gasteiger partial charge in [0.25, 0.3) is 0 Å². The summed E-state index contributed by atoms with van der Waals surface area (Å²) in [6.07, 6.45) is 12.1. The van der Waals surface area contributed by atoms with Crippen molar-refractivity contribution in [3.8, 4) is 12.3 Å². The van der Waals surface area contributed by atoms with Crippen LogP contribution in [0.2, 0.25) is 0 Å². The first-order valence-electron chi connectivity index (χ1n) is 6.57. The molecule has 0 aromatic carbocycles. The fourth-order valence-corrected chi connectivity index (χ4v) is 1.89. The number of hydrogen-bond acceptors (Lipinski definition) is 1. The van der Waals surface area contributed by atoms with Crippen LogP contribution < -0.4 is 0 Å². The van der Waals surface area contributed by atoms with E-state index in [1.165, 1.54) is 25.7 Å². The Labute approximate surface area is 102 Å². The molecule has 1 N–H and O–H groups in total. The molecule has 0 amide bonds. The van der Waals surface area contributed by atoms with Gasteiger partial charge in [0.2, 0.25) is 0 Å². The van der Waals surface area contributed by atoms with Crippen LogP contribution in [0, 0.1) is 24.2 Å². The van der Waals surface area contributed by atoms with Gasteiger partial charge in [0.1, 0.15) is 5.60 Å². The normalized spacial score (nSPS) is 16.8. The molecule has 0 saturated carbocycles. The molecule has 16 heavy (non-hydrogen) atoms. The van der Waals surface area contributed by atoms with Crippen molar-refractivity contribution in [2.24, 2.45) is 11.8 Å². The van der Waals surface area contributed by atoms with E-state index >= 15 is 0 Å². The Morgan fingerprint density at radius 2 is 1.69 bits per heavy atom. The molecule has 0 radical (unpaired) electrons. The van der Waals surface area contributed by atoms with Gasteiger partial charge in [0.15, 0.2) is 0 Å². The standard InChI is InChI=1S/C15H28O/c1-6-15(5,16)12-8-11-14(4)10-7-9-13(2)3/h1,13-14,16H,7-12H2,2-5H3. The fraction of sp³-hybridized carbons (Fsp3) is 0.867. The molecule has 0 heterocycles. The van der Waals surface area contributed by atoms with Gasteiger partial charge in [-0.2, -0.15) is 0 Å². The van der Waals surface area contributed by atoms with Crippen LogP contribution in [-0.2, 0) is 0 Å². The van der Waals surface area contributed by atoms with Crippen molar-refractivity contribution in [2.75, 3.05) is 0 Å². The zero-order valence-electron chi connectivity index (χ0n) is 11.4. The van der Waals surface area contributed by atoms with Crippen LogP contribution >= 0.6 is 0 Å². The topological polar surface area (TPSA) is 20.2 Å². The van der Waals surface area contributed by atoms with Gasteiger partial charge >= 0.3 is 0 Å². The highest BCUT2D eigenvalue weighted by molar-refractivity contribution is 5.03. The van der Waals surface area contributed by atoms with E-state index in [-0.39, 0.29) is 0 Å². The second-order valence-electron chi connectivity index (χ2n) is 5.74. The van der Waals surface area contributed by atoms with Crippen LogP contribution in [0.15, 0.2) is 0 Å². The smallest absolute Gasteiger partial charge is 0.122 e. The van der Waals surface area contributed by atoms with Crippen LogP contribution in [0.4, 0.5) is 0 Å². The van der Waals surface area contributed by atoms with Gasteiger partial charge in [-0.1, -0.05) is 52.4 Å². The van der Waals surface area contributed by atoms with Gasteiger partial charge < -0.3 is 5.11 Å². The van der Waals surface area contributed by atoms with Crippen LogP contribution in [0.25, 0.3) is 0 Å². The number of aliphatic hydroxyl groups is 1. The number of terminal acetylenes is 1. The minimum absolute atomic E-state index is 0.720. The molecule has 0 saturated heterocycles. The molecule has 0 aromatic rings. The fourth-order valence-electron chi connectivity index (χ4n) is 1.89. The maximum absolute atomic E-state index is 9.65. The van der Waals surface area contributed by atoms with Crippen LogP contribution in [0.1, 0.15) is 66.2 Å². The van der Waals surface area contributed by atoms with Crippen molar-refractivity contribution in [3.63, 3.8) is 0 Å². The summed E-state index contributed by atoms with van der Waals surface area (Å²) in [5.41, 5.74) is -0.905. The second-order valence-corrected chi connectivity index (χ2v) is 5.74. The van der Waals surface area contributed by atoms with E-state index in [2.05, 4.69) is 26.7 Å². The molecule has 0 aliphatic rings. The first-order valence-corrected chi connectivity index (χ1v) is 6.57. The lowest BCUT2D eigenvalue weighted by Gasteiger charge is -2.17. The summed E-state index contributed by atoms with van der Waals surface area (Å²) in [5.74, 6) is 4.00. The molecule has 1 nitrogen and oxygen atoms in total. The van der Waals surface area contributed by atoms with Crippen LogP contribution in [0.3, 0.4) is 0 Å². The predicted octanol–water partition coefficient (Wildman–Crippen LogP) is 4.00. The SMILES string of the molecule is C#CC(C)(O)CCCC(C)CCCC(C)C. The molecular weight excluding hydrogens is 196 g/mol. The third-order valence-corrected chi connectivity index (χ3v) is 3.15. The van der Waals surface area contributed by atoms with Gasteiger partial charge in [-0.05, 0) is 31.6 Å². The maximum atomic E-state index is 9.65. The van der Waals surface area contributed by atoms with E-state index in [0.717, 1.165) is 24.7 Å². The Kier molecular flexibility index (Phi) is 7.51. The average molecular weight is 224 g/mol. The second kappa shape index (κ2) is 7.74. The summed E-state index contributed by atoms with van der Waals surface area (Å²) in [7, 11) is 0. The Morgan fingerprint density at radius 1 is 1.12 bits per heavy atom. The summed E-state index contributed by atoms with van der Waals surface area (Å²) in [6, 6.07) is 0. The first kappa shape index (κ1) is 15.5. The van der Waals surface area contributed by atoms with E-state index in [9.17, 15) is 5.11 Å². The average Bonchev–Trinajstić information content (AvgIpc) is 2.17. The predicted molar refractivity (Wildman–Crippen MR) is 71.2 cm³/mol. The molecule has 0 aromatic heterocycles. The van der Waals surface area contributed by atoms with Crippen molar-refractivity contribution in [1.29, 1.82) is 0 Å². The van der Waals surface area contributed by atoms with E-state index < -0.39 is 5.60 Å². The molecule has 0 aliphatic heterocycles. The van der Waals surface area contributed by atoms with Crippen LogP contribution in [-0.4, -0.2) is 10.7 Å². The highest BCUT2D eigenvalue weighted by atomic mass is 16.3. The van der Waals surface area contributed by atoms with Gasteiger partial charge in [-0.3, -0.25) is 0 Å². The van der Waals surface area contributed by atoms with Gasteiger partial charge in [-0.15, -0.1) is 6.42 Å². The van der Waals surface area contributed by atoms with E-state index in [1.807, 2.05) is 0 Å². The summed E-state index contributed by atoms with van der Waals surface area (Å²) < 4.78 is 0. The van der Waals surface area contributed by atoms with E-state index in [0.29, 0.717) is 0 Å². The maximum Gasteiger partial charge on any atom is 0.122 e. The van der Waals surface area contributed by atoms with E-state index in [1.54, 1.807) is 6.92 Å². The lowest BCUT2D eigenvalue weighted by atomic mass is 9.92. The Hall–Kier alpha value is -0.480. The lowest BCUT2D eigenvalue weighted by molar-refractivity contribution is 0.107. The summed E-state index contributed by atoms with van der Waals surface area (Å²) in [4.78, 5) is 0. The third kappa shape index (κ3) is 8.80. The third-order valence-electron chi connectivity index (χ3n) is 3.15. The highest BCUT2D eigenvalue weighted by Gasteiger charge is 2.15. The van der Waals surface area contributed by atoms with Gasteiger partial charge in [0, 0.05) is 0 Å². The first-order chi connectivity index (χ1) is 7.37. The van der Waals surface area contributed by atoms with Crippen molar-refractivity contribution in [1.82, 2.24) is 0 Å². The molecule has 0 fully saturated rings. The molecule has 0 rings (SSSR count). The minimum atomic E-state index is -0.905. The molecule has 94 valence electrons. The van der Waals surface area contributed by atoms with Crippen molar-refractivity contribution < 1.29 is 5.11 Å². The zero-order valence-corrected chi connectivity index (χ0v) is 11.4. The van der Waals surface area contributed by atoms with Crippen LogP contribution in [0.5, 0.6) is 0 Å². The molecule has 2 unspecified atom stereocenters. The largest absolute Gasteiger partial charge is 0.378 e. The highest BCUT2D eigenvalue weighted by Crippen LogP contribution is 2.20. The molecule has 0 spiro atoms.